The van der Waals surface area contributed by atoms with Gasteiger partial charge in [-0.05, 0) is 30.0 Å². The van der Waals surface area contributed by atoms with Gasteiger partial charge in [-0.3, -0.25) is 19.2 Å². The van der Waals surface area contributed by atoms with Crippen molar-refractivity contribution in [1.29, 1.82) is 0 Å². The molecule has 1 amide bonds. The molecule has 2 N–H and O–H groups in total. The Morgan fingerprint density at radius 1 is 1.00 bits per heavy atom. The zero-order valence-corrected chi connectivity index (χ0v) is 23.1. The highest BCUT2D eigenvalue weighted by molar-refractivity contribution is 5.76. The van der Waals surface area contributed by atoms with Crippen LogP contribution in [0.1, 0.15) is 73.3 Å². The number of benzene rings is 1. The summed E-state index contributed by atoms with van der Waals surface area (Å²) < 4.78 is 28.4. The number of phenols is 1. The Morgan fingerprint density at radius 2 is 1.63 bits per heavy atom. The van der Waals surface area contributed by atoms with E-state index in [1.54, 1.807) is 6.07 Å². The molecule has 0 aliphatic carbocycles. The third kappa shape index (κ3) is 8.90. The normalized spacial score (nSPS) is 23.2. The average molecular weight is 538 g/mol. The van der Waals surface area contributed by atoms with Crippen LogP contribution in [0, 0.1) is 0 Å². The van der Waals surface area contributed by atoms with E-state index in [1.807, 2.05) is 27.7 Å². The van der Waals surface area contributed by atoms with Gasteiger partial charge in [-0.15, -0.1) is 0 Å². The Morgan fingerprint density at radius 3 is 2.18 bits per heavy atom. The Kier molecular flexibility index (Phi) is 10.9. The summed E-state index contributed by atoms with van der Waals surface area (Å²) in [6.45, 7) is 11.0. The molecule has 38 heavy (non-hydrogen) atoms. The van der Waals surface area contributed by atoms with Gasteiger partial charge in [-0.2, -0.15) is 0 Å². The van der Waals surface area contributed by atoms with E-state index in [0.29, 0.717) is 17.7 Å². The van der Waals surface area contributed by atoms with Crippen LogP contribution in [0.3, 0.4) is 0 Å². The van der Waals surface area contributed by atoms with Crippen LogP contribution in [0.2, 0.25) is 0 Å². The van der Waals surface area contributed by atoms with Crippen LogP contribution in [0.5, 0.6) is 11.5 Å². The third-order valence-electron chi connectivity index (χ3n) is 5.81. The number of hydrogen-bond acceptors (Lipinski definition) is 10. The first-order valence-corrected chi connectivity index (χ1v) is 12.7. The Labute approximate surface area is 223 Å². The molecule has 0 aromatic heterocycles. The number of hydrogen-bond donors (Lipinski definition) is 2. The Bertz CT molecular complexity index is 1000. The highest BCUT2D eigenvalue weighted by Crippen LogP contribution is 2.35. The summed E-state index contributed by atoms with van der Waals surface area (Å²) in [5.41, 5.74) is 0.198. The van der Waals surface area contributed by atoms with Gasteiger partial charge in [0.2, 0.25) is 12.2 Å². The van der Waals surface area contributed by atoms with Gasteiger partial charge in [0.15, 0.2) is 12.2 Å². The smallest absolute Gasteiger partial charge is 0.303 e. The highest BCUT2D eigenvalue weighted by atomic mass is 16.7. The molecule has 1 saturated heterocycles. The molecular weight excluding hydrogens is 498 g/mol. The number of nitrogens with one attached hydrogen (secondary N) is 1. The lowest BCUT2D eigenvalue weighted by molar-refractivity contribution is -0.257. The summed E-state index contributed by atoms with van der Waals surface area (Å²) in [5, 5.41) is 13.2. The molecule has 0 saturated carbocycles. The number of rotatable bonds is 10. The molecule has 1 aromatic rings. The van der Waals surface area contributed by atoms with E-state index in [1.165, 1.54) is 32.9 Å². The first-order chi connectivity index (χ1) is 17.7. The van der Waals surface area contributed by atoms with E-state index in [-0.39, 0.29) is 24.7 Å². The average Bonchev–Trinajstić information content (AvgIpc) is 2.80. The fraction of sp³-hybridized carbons (Fsp3) is 0.630. The summed E-state index contributed by atoms with van der Waals surface area (Å²) in [5.74, 6) is -1.92. The molecule has 0 spiro atoms. The number of esters is 3. The van der Waals surface area contributed by atoms with E-state index in [0.717, 1.165) is 6.42 Å². The molecule has 1 aromatic carbocycles. The van der Waals surface area contributed by atoms with Crippen molar-refractivity contribution in [1.82, 2.24) is 5.32 Å². The van der Waals surface area contributed by atoms with Crippen LogP contribution in [0.4, 0.5) is 0 Å². The number of ether oxygens (including phenoxy) is 5. The number of aromatic hydroxyl groups is 1. The summed E-state index contributed by atoms with van der Waals surface area (Å²) >= 11 is 0. The minimum atomic E-state index is -1.24. The predicted octanol–water partition coefficient (Wildman–Crippen LogP) is 2.89. The predicted molar refractivity (Wildman–Crippen MR) is 135 cm³/mol. The van der Waals surface area contributed by atoms with Crippen molar-refractivity contribution in [3.63, 3.8) is 0 Å². The van der Waals surface area contributed by atoms with Gasteiger partial charge in [0, 0.05) is 32.8 Å². The zero-order valence-electron chi connectivity index (χ0n) is 23.1. The monoisotopic (exact) mass is 537 g/mol. The highest BCUT2D eigenvalue weighted by Gasteiger charge is 2.52. The van der Waals surface area contributed by atoms with Crippen LogP contribution in [-0.2, 0) is 43.5 Å². The number of carbonyl (C=O) groups is 4. The summed E-state index contributed by atoms with van der Waals surface area (Å²) in [4.78, 5) is 48.4. The van der Waals surface area contributed by atoms with Gasteiger partial charge in [-0.1, -0.05) is 34.1 Å². The number of amides is 1. The van der Waals surface area contributed by atoms with Crippen molar-refractivity contribution >= 4 is 23.8 Å². The van der Waals surface area contributed by atoms with Gasteiger partial charge in [0.1, 0.15) is 30.3 Å². The molecule has 11 nitrogen and oxygen atoms in total. The van der Waals surface area contributed by atoms with Crippen molar-refractivity contribution in [3.8, 4) is 11.5 Å². The molecule has 5 atom stereocenters. The van der Waals surface area contributed by atoms with Crippen molar-refractivity contribution in [2.75, 3.05) is 6.61 Å². The second kappa shape index (κ2) is 13.5. The minimum absolute atomic E-state index is 0.0827. The molecule has 0 radical (unpaired) electrons. The van der Waals surface area contributed by atoms with Gasteiger partial charge in [-0.25, -0.2) is 0 Å². The number of carbonyl (C=O) groups excluding carboxylic acids is 4. The molecule has 1 aliphatic heterocycles. The largest absolute Gasteiger partial charge is 0.508 e. The van der Waals surface area contributed by atoms with Crippen LogP contribution in [-0.4, -0.2) is 66.2 Å². The lowest BCUT2D eigenvalue weighted by atomic mass is 9.86. The maximum absolute atomic E-state index is 12.8. The van der Waals surface area contributed by atoms with Crippen LogP contribution in [0.15, 0.2) is 18.2 Å². The molecule has 0 bridgehead atoms. The van der Waals surface area contributed by atoms with Crippen LogP contribution in [0.25, 0.3) is 0 Å². The molecule has 1 aliphatic rings. The summed E-state index contributed by atoms with van der Waals surface area (Å²) in [7, 11) is 0. The van der Waals surface area contributed by atoms with Gasteiger partial charge < -0.3 is 34.1 Å². The lowest BCUT2D eigenvalue weighted by Gasteiger charge is -2.45. The van der Waals surface area contributed by atoms with Crippen molar-refractivity contribution in [3.05, 3.63) is 23.8 Å². The molecule has 1 heterocycles. The SMILES string of the molecule is CCCCC(=O)N[C@H]1[C@@H](Oc2ccc(O)c(C(C)(C)C)c2)O[C@@H](COC(C)=O)[C@@H](OC(C)=O)[C@@H]1OC(C)=O. The second-order valence-corrected chi connectivity index (χ2v) is 10.2. The Balaban J connectivity index is 2.54. The zero-order chi connectivity index (χ0) is 28.6. The Hall–Kier alpha value is -3.34. The quantitative estimate of drug-likeness (QED) is 0.337. The fourth-order valence-electron chi connectivity index (χ4n) is 4.08. The fourth-order valence-corrected chi connectivity index (χ4v) is 4.08. The molecule has 0 unspecified atom stereocenters. The molecule has 212 valence electrons. The van der Waals surface area contributed by atoms with E-state index in [4.69, 9.17) is 23.7 Å². The summed E-state index contributed by atoms with van der Waals surface area (Å²) in [6.07, 6.45) is -3.15. The lowest BCUT2D eigenvalue weighted by Crippen LogP contribution is -2.67. The first kappa shape index (κ1) is 30.9. The topological polar surface area (TPSA) is 147 Å². The number of phenolic OH excluding ortho intramolecular Hbond substituents is 1. The molecular formula is C27H39NO10. The van der Waals surface area contributed by atoms with Gasteiger partial charge in [0.25, 0.3) is 0 Å². The van der Waals surface area contributed by atoms with Crippen molar-refractivity contribution in [2.45, 2.75) is 104 Å². The van der Waals surface area contributed by atoms with E-state index in [9.17, 15) is 24.3 Å². The first-order valence-electron chi connectivity index (χ1n) is 12.7. The molecule has 2 rings (SSSR count). The van der Waals surface area contributed by atoms with Gasteiger partial charge in [0.05, 0.1) is 0 Å². The maximum Gasteiger partial charge on any atom is 0.303 e. The van der Waals surface area contributed by atoms with E-state index < -0.39 is 54.0 Å². The maximum atomic E-state index is 12.8. The third-order valence-corrected chi connectivity index (χ3v) is 5.81. The van der Waals surface area contributed by atoms with Gasteiger partial charge >= 0.3 is 17.9 Å². The van der Waals surface area contributed by atoms with E-state index >= 15 is 0 Å². The van der Waals surface area contributed by atoms with E-state index in [2.05, 4.69) is 5.32 Å². The second-order valence-electron chi connectivity index (χ2n) is 10.2. The van der Waals surface area contributed by atoms with Crippen molar-refractivity contribution < 1.29 is 48.0 Å². The number of unbranched alkanes of at least 4 members (excludes halogenated alkanes) is 1. The minimum Gasteiger partial charge on any atom is -0.508 e. The van der Waals surface area contributed by atoms with Crippen LogP contribution >= 0.6 is 0 Å². The molecule has 11 heteroatoms. The molecule has 1 fully saturated rings. The standard InChI is InChI=1S/C27H39NO10/c1-8-9-10-22(33)28-23-25(36-17(4)31)24(35-16(3)30)21(14-34-15(2)29)38-26(23)37-18-11-12-20(32)19(13-18)27(5,6)7/h11-13,21,23-26,32H,8-10,14H2,1-7H3,(H,28,33)/t21-,23+,24+,25+,26-/m0/s1. The van der Waals surface area contributed by atoms with Crippen molar-refractivity contribution in [2.24, 2.45) is 0 Å². The summed E-state index contributed by atoms with van der Waals surface area (Å²) in [6, 6.07) is 3.57. The van der Waals surface area contributed by atoms with Crippen LogP contribution < -0.4 is 10.1 Å².